The van der Waals surface area contributed by atoms with Crippen molar-refractivity contribution in [1.29, 1.82) is 0 Å². The zero-order valence-corrected chi connectivity index (χ0v) is 11.1. The molecular formula is C13H21ClN2O. The molecule has 4 heteroatoms. The van der Waals surface area contributed by atoms with Gasteiger partial charge in [0.05, 0.1) is 7.11 Å². The Morgan fingerprint density at radius 3 is 2.59 bits per heavy atom. The van der Waals surface area contributed by atoms with Crippen molar-refractivity contribution in [2.24, 2.45) is 5.73 Å². The molecule has 2 N–H and O–H groups in total. The van der Waals surface area contributed by atoms with Gasteiger partial charge in [0.1, 0.15) is 5.75 Å². The van der Waals surface area contributed by atoms with E-state index in [-0.39, 0.29) is 12.4 Å². The van der Waals surface area contributed by atoms with Crippen molar-refractivity contribution >= 4 is 12.4 Å². The number of ether oxygens (including phenoxy) is 1. The Bertz CT molecular complexity index is 329. The van der Waals surface area contributed by atoms with E-state index in [2.05, 4.69) is 17.0 Å². The molecule has 1 aromatic carbocycles. The van der Waals surface area contributed by atoms with Crippen LogP contribution in [0.1, 0.15) is 12.0 Å². The van der Waals surface area contributed by atoms with E-state index in [1.54, 1.807) is 7.11 Å². The average Bonchev–Trinajstić information content (AvgIpc) is 2.73. The summed E-state index contributed by atoms with van der Waals surface area (Å²) < 4.78 is 5.13. The Balaban J connectivity index is 0.00000144. The molecule has 2 rings (SSSR count). The van der Waals surface area contributed by atoms with Crippen LogP contribution < -0.4 is 10.5 Å². The molecule has 1 fully saturated rings. The van der Waals surface area contributed by atoms with Crippen LogP contribution >= 0.6 is 12.4 Å². The number of likely N-dealkylation sites (tertiary alicyclic amines) is 1. The summed E-state index contributed by atoms with van der Waals surface area (Å²) in [6.07, 6.45) is 2.24. The van der Waals surface area contributed by atoms with Crippen molar-refractivity contribution < 1.29 is 4.74 Å². The molecule has 1 unspecified atom stereocenters. The number of rotatable bonds is 4. The van der Waals surface area contributed by atoms with E-state index < -0.39 is 0 Å². The van der Waals surface area contributed by atoms with Gasteiger partial charge in [-0.1, -0.05) is 12.1 Å². The van der Waals surface area contributed by atoms with Crippen LogP contribution in [-0.4, -0.2) is 37.7 Å². The van der Waals surface area contributed by atoms with Gasteiger partial charge in [-0.05, 0) is 37.1 Å². The van der Waals surface area contributed by atoms with Crippen LogP contribution in [0.3, 0.4) is 0 Å². The van der Waals surface area contributed by atoms with Crippen LogP contribution in [0.25, 0.3) is 0 Å². The lowest BCUT2D eigenvalue weighted by Crippen LogP contribution is -2.28. The minimum absolute atomic E-state index is 0. The summed E-state index contributed by atoms with van der Waals surface area (Å²) in [4.78, 5) is 2.44. The number of nitrogens with zero attached hydrogens (tertiary/aromatic N) is 1. The van der Waals surface area contributed by atoms with E-state index >= 15 is 0 Å². The molecule has 0 aromatic heterocycles. The van der Waals surface area contributed by atoms with Gasteiger partial charge < -0.3 is 15.4 Å². The monoisotopic (exact) mass is 256 g/mol. The minimum Gasteiger partial charge on any atom is -0.497 e. The molecule has 1 atom stereocenters. The first-order valence-electron chi connectivity index (χ1n) is 5.89. The van der Waals surface area contributed by atoms with Gasteiger partial charge in [0.15, 0.2) is 0 Å². The van der Waals surface area contributed by atoms with Gasteiger partial charge in [0.25, 0.3) is 0 Å². The Labute approximate surface area is 109 Å². The molecule has 17 heavy (non-hydrogen) atoms. The Morgan fingerprint density at radius 2 is 2.06 bits per heavy atom. The van der Waals surface area contributed by atoms with E-state index in [1.807, 2.05) is 12.1 Å². The topological polar surface area (TPSA) is 38.5 Å². The molecule has 1 aliphatic heterocycles. The number of methoxy groups -OCH3 is 1. The minimum atomic E-state index is 0. The molecule has 1 heterocycles. The maximum Gasteiger partial charge on any atom is 0.118 e. The standard InChI is InChI=1S/C13H20N2O.ClH/c1-16-13-4-2-11(3-5-13)6-8-15-9-7-12(14)10-15;/h2-5,12H,6-10,14H2,1H3;1H. The van der Waals surface area contributed by atoms with Crippen LogP contribution in [0.5, 0.6) is 5.75 Å². The summed E-state index contributed by atoms with van der Waals surface area (Å²) in [6.45, 7) is 3.31. The summed E-state index contributed by atoms with van der Waals surface area (Å²) in [5, 5.41) is 0. The molecule has 0 radical (unpaired) electrons. The Hall–Kier alpha value is -0.770. The fraction of sp³-hybridized carbons (Fsp3) is 0.538. The van der Waals surface area contributed by atoms with Gasteiger partial charge in [-0.15, -0.1) is 12.4 Å². The molecule has 3 nitrogen and oxygen atoms in total. The maximum absolute atomic E-state index is 5.87. The van der Waals surface area contributed by atoms with Gasteiger partial charge in [-0.25, -0.2) is 0 Å². The lowest BCUT2D eigenvalue weighted by Gasteiger charge is -2.14. The lowest BCUT2D eigenvalue weighted by atomic mass is 10.1. The zero-order valence-electron chi connectivity index (χ0n) is 10.3. The third-order valence-corrected chi connectivity index (χ3v) is 3.18. The number of hydrogen-bond donors (Lipinski definition) is 1. The fourth-order valence-corrected chi connectivity index (χ4v) is 2.15. The van der Waals surface area contributed by atoms with Crippen LogP contribution in [0.2, 0.25) is 0 Å². The van der Waals surface area contributed by atoms with Crippen molar-refractivity contribution in [3.63, 3.8) is 0 Å². The van der Waals surface area contributed by atoms with Crippen molar-refractivity contribution in [3.8, 4) is 5.75 Å². The zero-order chi connectivity index (χ0) is 11.4. The molecule has 0 spiro atoms. The lowest BCUT2D eigenvalue weighted by molar-refractivity contribution is 0.339. The highest BCUT2D eigenvalue weighted by Crippen LogP contribution is 2.13. The van der Waals surface area contributed by atoms with Crippen molar-refractivity contribution in [2.45, 2.75) is 18.9 Å². The largest absolute Gasteiger partial charge is 0.497 e. The molecule has 96 valence electrons. The van der Waals surface area contributed by atoms with Gasteiger partial charge in [-0.3, -0.25) is 0 Å². The van der Waals surface area contributed by atoms with E-state index in [0.717, 1.165) is 38.2 Å². The SMILES string of the molecule is COc1ccc(CCN2CCC(N)C2)cc1.Cl. The van der Waals surface area contributed by atoms with Gasteiger partial charge in [0, 0.05) is 19.1 Å². The molecule has 0 aliphatic carbocycles. The highest BCUT2D eigenvalue weighted by Gasteiger charge is 2.17. The highest BCUT2D eigenvalue weighted by molar-refractivity contribution is 5.85. The molecule has 0 saturated carbocycles. The molecule has 1 aromatic rings. The number of halogens is 1. The maximum atomic E-state index is 5.87. The van der Waals surface area contributed by atoms with Gasteiger partial charge in [0.2, 0.25) is 0 Å². The van der Waals surface area contributed by atoms with Crippen LogP contribution in [0.15, 0.2) is 24.3 Å². The second kappa shape index (κ2) is 6.84. The van der Waals surface area contributed by atoms with Gasteiger partial charge in [-0.2, -0.15) is 0 Å². The Morgan fingerprint density at radius 1 is 1.35 bits per heavy atom. The Kier molecular flexibility index (Phi) is 5.75. The first-order chi connectivity index (χ1) is 7.78. The average molecular weight is 257 g/mol. The van der Waals surface area contributed by atoms with Crippen LogP contribution in [-0.2, 0) is 6.42 Å². The van der Waals surface area contributed by atoms with E-state index in [9.17, 15) is 0 Å². The molecular weight excluding hydrogens is 236 g/mol. The molecule has 0 amide bonds. The second-order valence-electron chi connectivity index (χ2n) is 4.45. The third kappa shape index (κ3) is 4.19. The first kappa shape index (κ1) is 14.3. The summed E-state index contributed by atoms with van der Waals surface area (Å²) in [6, 6.07) is 8.69. The van der Waals surface area contributed by atoms with E-state index in [4.69, 9.17) is 10.5 Å². The van der Waals surface area contributed by atoms with Gasteiger partial charge >= 0.3 is 0 Å². The number of benzene rings is 1. The second-order valence-corrected chi connectivity index (χ2v) is 4.45. The first-order valence-corrected chi connectivity index (χ1v) is 5.89. The fourth-order valence-electron chi connectivity index (χ4n) is 2.15. The smallest absolute Gasteiger partial charge is 0.118 e. The van der Waals surface area contributed by atoms with Crippen molar-refractivity contribution in [1.82, 2.24) is 4.90 Å². The summed E-state index contributed by atoms with van der Waals surface area (Å²) in [5.41, 5.74) is 7.24. The van der Waals surface area contributed by atoms with Crippen LogP contribution in [0.4, 0.5) is 0 Å². The number of hydrogen-bond acceptors (Lipinski definition) is 3. The highest BCUT2D eigenvalue weighted by atomic mass is 35.5. The van der Waals surface area contributed by atoms with E-state index in [1.165, 1.54) is 5.56 Å². The van der Waals surface area contributed by atoms with E-state index in [0.29, 0.717) is 6.04 Å². The number of nitrogens with two attached hydrogens (primary N) is 1. The summed E-state index contributed by atoms with van der Waals surface area (Å²) in [7, 11) is 1.70. The quantitative estimate of drug-likeness (QED) is 0.891. The normalized spacial score (nSPS) is 20.0. The predicted octanol–water partition coefficient (Wildman–Crippen LogP) is 1.69. The van der Waals surface area contributed by atoms with Crippen LogP contribution in [0, 0.1) is 0 Å². The summed E-state index contributed by atoms with van der Waals surface area (Å²) in [5.74, 6) is 0.923. The molecule has 1 saturated heterocycles. The third-order valence-electron chi connectivity index (χ3n) is 3.18. The molecule has 1 aliphatic rings. The summed E-state index contributed by atoms with van der Waals surface area (Å²) >= 11 is 0. The van der Waals surface area contributed by atoms with Crippen molar-refractivity contribution in [3.05, 3.63) is 29.8 Å². The molecule has 0 bridgehead atoms. The van der Waals surface area contributed by atoms with Crippen molar-refractivity contribution in [2.75, 3.05) is 26.7 Å². The predicted molar refractivity (Wildman–Crippen MR) is 73.0 cm³/mol.